The van der Waals surface area contributed by atoms with Gasteiger partial charge < -0.3 is 30.4 Å². The number of nitrogens with zero attached hydrogens (tertiary/aromatic N) is 1. The van der Waals surface area contributed by atoms with Crippen LogP contribution in [0, 0.1) is 23.5 Å². The number of methoxy groups -OCH3 is 1. The smallest absolute Gasteiger partial charge is 0.417 e. The Kier molecular flexibility index (Phi) is 9.13. The maximum atomic E-state index is 15.0. The highest BCUT2D eigenvalue weighted by Crippen LogP contribution is 2.55. The SMILES string of the molecule is COCC(CO)COc1c([C@H]2[C@H](C(=O)Nc3ccnc(C(N)=O)c3)O[C@@](C)(C(F)(F)F)[C@H]2C)ccc(F)c1F. The van der Waals surface area contributed by atoms with E-state index in [2.05, 4.69) is 10.3 Å². The minimum atomic E-state index is -4.95. The van der Waals surface area contributed by atoms with Crippen LogP contribution in [0.3, 0.4) is 0 Å². The number of primary amides is 1. The molecule has 9 nitrogen and oxygen atoms in total. The van der Waals surface area contributed by atoms with E-state index in [0.717, 1.165) is 25.3 Å². The average Bonchev–Trinajstić information content (AvgIpc) is 3.16. The molecule has 0 radical (unpaired) electrons. The molecule has 1 aliphatic rings. The number of anilines is 1. The summed E-state index contributed by atoms with van der Waals surface area (Å²) in [6, 6.07) is 4.14. The van der Waals surface area contributed by atoms with Crippen molar-refractivity contribution in [1.29, 1.82) is 0 Å². The topological polar surface area (TPSA) is 133 Å². The molecule has 0 aliphatic carbocycles. The van der Waals surface area contributed by atoms with Gasteiger partial charge in [-0.2, -0.15) is 17.6 Å². The van der Waals surface area contributed by atoms with Crippen LogP contribution < -0.4 is 15.8 Å². The second-order valence-corrected chi connectivity index (χ2v) is 9.34. The monoisotopic (exact) mass is 561 g/mol. The maximum Gasteiger partial charge on any atom is 0.417 e. The van der Waals surface area contributed by atoms with Crippen molar-refractivity contribution in [3.8, 4) is 5.75 Å². The number of ether oxygens (including phenoxy) is 3. The summed E-state index contributed by atoms with van der Waals surface area (Å²) in [6.45, 7) is 1.15. The van der Waals surface area contributed by atoms with Crippen molar-refractivity contribution < 1.29 is 50.9 Å². The van der Waals surface area contributed by atoms with Gasteiger partial charge in [0.2, 0.25) is 5.82 Å². The summed E-state index contributed by atoms with van der Waals surface area (Å²) in [4.78, 5) is 28.5. The fourth-order valence-electron chi connectivity index (χ4n) is 4.43. The lowest BCUT2D eigenvalue weighted by molar-refractivity contribution is -0.272. The van der Waals surface area contributed by atoms with Crippen LogP contribution in [0.15, 0.2) is 30.5 Å². The first-order valence-electron chi connectivity index (χ1n) is 11.8. The van der Waals surface area contributed by atoms with Crippen molar-refractivity contribution in [2.24, 2.45) is 17.6 Å². The molecule has 39 heavy (non-hydrogen) atoms. The largest absolute Gasteiger partial charge is 0.490 e. The second-order valence-electron chi connectivity index (χ2n) is 9.34. The van der Waals surface area contributed by atoms with Crippen molar-refractivity contribution in [3.05, 3.63) is 53.4 Å². The van der Waals surface area contributed by atoms with E-state index < -0.39 is 71.4 Å². The number of carbonyl (C=O) groups excluding carboxylic acids is 2. The van der Waals surface area contributed by atoms with Gasteiger partial charge in [0, 0.05) is 42.3 Å². The number of nitrogens with one attached hydrogen (secondary N) is 1. The van der Waals surface area contributed by atoms with E-state index in [1.807, 2.05) is 0 Å². The highest BCUT2D eigenvalue weighted by Gasteiger charge is 2.66. The molecule has 0 spiro atoms. The Morgan fingerprint density at radius 2 is 1.95 bits per heavy atom. The van der Waals surface area contributed by atoms with Crippen molar-refractivity contribution >= 4 is 17.5 Å². The van der Waals surface area contributed by atoms with E-state index in [1.54, 1.807) is 0 Å². The molecule has 2 heterocycles. The van der Waals surface area contributed by atoms with E-state index in [9.17, 15) is 36.6 Å². The van der Waals surface area contributed by atoms with E-state index >= 15 is 0 Å². The molecule has 1 saturated heterocycles. The predicted octanol–water partition coefficient (Wildman–Crippen LogP) is 3.17. The van der Waals surface area contributed by atoms with Crippen LogP contribution in [-0.2, 0) is 14.3 Å². The summed E-state index contributed by atoms with van der Waals surface area (Å²) in [6.07, 6.45) is -5.64. The molecule has 2 amide bonds. The van der Waals surface area contributed by atoms with Gasteiger partial charge in [-0.15, -0.1) is 0 Å². The summed E-state index contributed by atoms with van der Waals surface area (Å²) >= 11 is 0. The fraction of sp³-hybridized carbons (Fsp3) is 0.480. The van der Waals surface area contributed by atoms with Gasteiger partial charge in [-0.05, 0) is 25.1 Å². The number of carbonyl (C=O) groups is 2. The third-order valence-electron chi connectivity index (χ3n) is 6.77. The number of aromatic nitrogens is 1. The first-order valence-corrected chi connectivity index (χ1v) is 11.8. The third kappa shape index (κ3) is 6.12. The molecule has 214 valence electrons. The van der Waals surface area contributed by atoms with Crippen molar-refractivity contribution in [1.82, 2.24) is 4.98 Å². The van der Waals surface area contributed by atoms with E-state index in [1.165, 1.54) is 20.1 Å². The normalized spacial score (nSPS) is 23.9. The lowest BCUT2D eigenvalue weighted by atomic mass is 9.77. The molecular weight excluding hydrogens is 533 g/mol. The number of pyridine rings is 1. The van der Waals surface area contributed by atoms with Crippen LogP contribution in [0.2, 0.25) is 0 Å². The molecule has 1 fully saturated rings. The lowest BCUT2D eigenvalue weighted by Crippen LogP contribution is -2.47. The van der Waals surface area contributed by atoms with Gasteiger partial charge in [0.25, 0.3) is 11.8 Å². The average molecular weight is 562 g/mol. The zero-order chi connectivity index (χ0) is 29.1. The summed E-state index contributed by atoms with van der Waals surface area (Å²) in [5.41, 5.74) is 1.87. The summed E-state index contributed by atoms with van der Waals surface area (Å²) in [5.74, 6) is -9.08. The van der Waals surface area contributed by atoms with Crippen LogP contribution in [0.5, 0.6) is 5.75 Å². The molecule has 5 atom stereocenters. The van der Waals surface area contributed by atoms with Gasteiger partial charge >= 0.3 is 6.18 Å². The van der Waals surface area contributed by atoms with Crippen LogP contribution in [0.4, 0.5) is 27.6 Å². The molecule has 4 N–H and O–H groups in total. The van der Waals surface area contributed by atoms with Crippen LogP contribution in [-0.4, -0.2) is 66.7 Å². The number of aliphatic hydroxyl groups excluding tert-OH is 1. The third-order valence-corrected chi connectivity index (χ3v) is 6.77. The number of aliphatic hydroxyl groups is 1. The first-order chi connectivity index (χ1) is 18.2. The molecule has 14 heteroatoms. The van der Waals surface area contributed by atoms with Crippen LogP contribution in [0.1, 0.15) is 35.8 Å². The van der Waals surface area contributed by atoms with Gasteiger partial charge in [-0.1, -0.05) is 13.0 Å². The molecule has 1 unspecified atom stereocenters. The van der Waals surface area contributed by atoms with Gasteiger partial charge in [0.15, 0.2) is 17.2 Å². The van der Waals surface area contributed by atoms with Crippen molar-refractivity contribution in [2.75, 3.05) is 32.2 Å². The van der Waals surface area contributed by atoms with Crippen molar-refractivity contribution in [2.45, 2.75) is 37.6 Å². The molecule has 0 bridgehead atoms. The highest BCUT2D eigenvalue weighted by atomic mass is 19.4. The fourth-order valence-corrected chi connectivity index (χ4v) is 4.43. The van der Waals surface area contributed by atoms with E-state index in [0.29, 0.717) is 6.07 Å². The Hall–Kier alpha value is -3.36. The molecule has 3 rings (SSSR count). The highest BCUT2D eigenvalue weighted by molar-refractivity contribution is 5.97. The van der Waals surface area contributed by atoms with Crippen LogP contribution in [0.25, 0.3) is 0 Å². The number of nitrogens with two attached hydrogens (primary N) is 1. The predicted molar refractivity (Wildman–Crippen MR) is 127 cm³/mol. The summed E-state index contributed by atoms with van der Waals surface area (Å²) in [5, 5.41) is 11.9. The molecule has 2 aromatic rings. The van der Waals surface area contributed by atoms with Gasteiger partial charge in [-0.25, -0.2) is 4.39 Å². The lowest BCUT2D eigenvalue weighted by Gasteiger charge is -2.32. The number of alkyl halides is 3. The number of hydrogen-bond acceptors (Lipinski definition) is 7. The second kappa shape index (κ2) is 11.8. The Morgan fingerprint density at radius 3 is 2.54 bits per heavy atom. The minimum absolute atomic E-state index is 0.00209. The summed E-state index contributed by atoms with van der Waals surface area (Å²) < 4.78 is 87.6. The number of halogens is 5. The molecule has 1 aromatic carbocycles. The number of rotatable bonds is 10. The Morgan fingerprint density at radius 1 is 1.26 bits per heavy atom. The minimum Gasteiger partial charge on any atom is -0.490 e. The number of benzene rings is 1. The summed E-state index contributed by atoms with van der Waals surface area (Å²) in [7, 11) is 1.35. The van der Waals surface area contributed by atoms with E-state index in [-0.39, 0.29) is 30.2 Å². The molecule has 1 aliphatic heterocycles. The first kappa shape index (κ1) is 30.2. The molecular formula is C25H28F5N3O6. The maximum absolute atomic E-state index is 15.0. The zero-order valence-corrected chi connectivity index (χ0v) is 21.2. The van der Waals surface area contributed by atoms with E-state index in [4.69, 9.17) is 19.9 Å². The Labute approximate surface area is 220 Å². The Bertz CT molecular complexity index is 1210. The number of amides is 2. The number of hydrogen-bond donors (Lipinski definition) is 3. The van der Waals surface area contributed by atoms with Crippen molar-refractivity contribution in [3.63, 3.8) is 0 Å². The van der Waals surface area contributed by atoms with Gasteiger partial charge in [0.1, 0.15) is 11.8 Å². The standard InChI is InChI=1S/C25H28F5N3O6/c1-12-18(15-4-5-16(26)19(27)20(15)38-11-13(9-34)10-37-3)21(39-24(12,2)25(28,29)30)23(36)33-14-6-7-32-17(8-14)22(31)35/h4-8,12-13,18,21,34H,9-11H2,1-3H3,(H2,31,35)(H,32,33,36)/t12-,13?,18-,21+,24+/m0/s1. The van der Waals surface area contributed by atoms with Gasteiger partial charge in [-0.3, -0.25) is 14.6 Å². The van der Waals surface area contributed by atoms with Crippen LogP contribution >= 0.6 is 0 Å². The zero-order valence-electron chi connectivity index (χ0n) is 21.2. The Balaban J connectivity index is 2.07. The quantitative estimate of drug-likeness (QED) is 0.380. The molecule has 0 saturated carbocycles. The van der Waals surface area contributed by atoms with Gasteiger partial charge in [0.05, 0.1) is 19.8 Å². The molecule has 1 aromatic heterocycles.